The van der Waals surface area contributed by atoms with Gasteiger partial charge in [0, 0.05) is 16.3 Å². The number of H-pyrrole nitrogens is 1. The summed E-state index contributed by atoms with van der Waals surface area (Å²) in [6.45, 7) is 2.24. The molecule has 0 amide bonds. The number of fused-ring (bicyclic) bond motifs is 5. The molecule has 0 fully saturated rings. The average Bonchev–Trinajstić information content (AvgIpc) is 3.12. The van der Waals surface area contributed by atoms with Crippen LogP contribution in [-0.2, 0) is 0 Å². The third-order valence-corrected chi connectivity index (χ3v) is 5.98. The van der Waals surface area contributed by atoms with Gasteiger partial charge in [0.2, 0.25) is 0 Å². The number of aryl methyl sites for hydroxylation is 1. The Bertz CT molecular complexity index is 1460. The Kier molecular flexibility index (Phi) is 3.15. The summed E-state index contributed by atoms with van der Waals surface area (Å²) in [4.78, 5) is 3.65. The largest absolute Gasteiger partial charge is 0.354 e. The number of hydrogen-bond donors (Lipinski definition) is 1. The van der Waals surface area contributed by atoms with Gasteiger partial charge in [0.25, 0.3) is 0 Å². The summed E-state index contributed by atoms with van der Waals surface area (Å²) in [7, 11) is 0. The Morgan fingerprint density at radius 2 is 1.18 bits per heavy atom. The summed E-state index contributed by atoms with van der Waals surface area (Å²) < 4.78 is 0. The van der Waals surface area contributed by atoms with Crippen LogP contribution >= 0.6 is 0 Å². The molecule has 0 aliphatic rings. The van der Waals surface area contributed by atoms with Gasteiger partial charge in [-0.3, -0.25) is 0 Å². The molecule has 0 aliphatic carbocycles. The highest BCUT2D eigenvalue weighted by Gasteiger charge is 2.15. The first-order valence-electron chi connectivity index (χ1n) is 9.72. The van der Waals surface area contributed by atoms with E-state index in [2.05, 4.69) is 103 Å². The Hall–Kier alpha value is -3.58. The summed E-state index contributed by atoms with van der Waals surface area (Å²) in [5.74, 6) is 0. The van der Waals surface area contributed by atoms with E-state index in [9.17, 15) is 0 Å². The molecular formula is C27H19N. The Labute approximate surface area is 163 Å². The van der Waals surface area contributed by atoms with E-state index in [4.69, 9.17) is 0 Å². The van der Waals surface area contributed by atoms with Crippen LogP contribution in [0.15, 0.2) is 91.0 Å². The van der Waals surface area contributed by atoms with E-state index in [0.29, 0.717) is 0 Å². The second-order valence-corrected chi connectivity index (χ2v) is 7.53. The summed E-state index contributed by atoms with van der Waals surface area (Å²) in [6.07, 6.45) is 0. The van der Waals surface area contributed by atoms with Gasteiger partial charge in [-0.25, -0.2) is 0 Å². The van der Waals surface area contributed by atoms with Crippen molar-refractivity contribution in [2.75, 3.05) is 0 Å². The average molecular weight is 357 g/mol. The van der Waals surface area contributed by atoms with E-state index in [1.807, 2.05) is 0 Å². The molecule has 1 nitrogen and oxygen atoms in total. The Morgan fingerprint density at radius 3 is 1.89 bits per heavy atom. The smallest absolute Gasteiger partial charge is 0.0500 e. The highest BCUT2D eigenvalue weighted by atomic mass is 14.7. The lowest BCUT2D eigenvalue weighted by atomic mass is 9.89. The van der Waals surface area contributed by atoms with Crippen LogP contribution < -0.4 is 0 Å². The lowest BCUT2D eigenvalue weighted by Gasteiger charge is -2.14. The molecule has 6 aromatic rings. The minimum atomic E-state index is 1.19. The van der Waals surface area contributed by atoms with E-state index in [-0.39, 0.29) is 0 Å². The highest BCUT2D eigenvalue weighted by molar-refractivity contribution is 6.16. The van der Waals surface area contributed by atoms with Crippen molar-refractivity contribution in [1.82, 2.24) is 4.98 Å². The molecule has 0 spiro atoms. The quantitative estimate of drug-likeness (QED) is 0.292. The van der Waals surface area contributed by atoms with E-state index in [1.54, 1.807) is 0 Å². The van der Waals surface area contributed by atoms with Crippen molar-refractivity contribution in [3.8, 4) is 11.1 Å². The zero-order valence-corrected chi connectivity index (χ0v) is 15.7. The molecule has 0 radical (unpaired) electrons. The third kappa shape index (κ3) is 2.07. The van der Waals surface area contributed by atoms with Crippen molar-refractivity contribution in [2.24, 2.45) is 0 Å². The maximum absolute atomic E-state index is 3.65. The van der Waals surface area contributed by atoms with Crippen LogP contribution in [0.3, 0.4) is 0 Å². The van der Waals surface area contributed by atoms with Crippen LogP contribution in [0.1, 0.15) is 5.56 Å². The van der Waals surface area contributed by atoms with Gasteiger partial charge in [0.15, 0.2) is 0 Å². The second kappa shape index (κ2) is 5.71. The molecule has 1 heterocycles. The van der Waals surface area contributed by atoms with Gasteiger partial charge in [0.05, 0.1) is 5.52 Å². The molecule has 0 bridgehead atoms. The molecule has 1 aromatic heterocycles. The second-order valence-electron chi connectivity index (χ2n) is 7.53. The van der Waals surface area contributed by atoms with E-state index < -0.39 is 0 Å². The molecule has 6 rings (SSSR count). The normalized spacial score (nSPS) is 11.8. The molecule has 0 saturated heterocycles. The molecular weight excluding hydrogens is 338 g/mol. The SMILES string of the molecule is Cc1c(-c2c3ccccc3cc3ccccc23)ccc2c1[nH]c1ccccc12. The number of rotatable bonds is 1. The predicted molar refractivity (Wildman–Crippen MR) is 121 cm³/mol. The molecule has 28 heavy (non-hydrogen) atoms. The number of nitrogens with one attached hydrogen (secondary N) is 1. The molecule has 1 N–H and O–H groups in total. The maximum Gasteiger partial charge on any atom is 0.0500 e. The zero-order chi connectivity index (χ0) is 18.7. The molecule has 132 valence electrons. The van der Waals surface area contributed by atoms with Crippen molar-refractivity contribution in [1.29, 1.82) is 0 Å². The van der Waals surface area contributed by atoms with Crippen molar-refractivity contribution in [3.05, 3.63) is 96.6 Å². The molecule has 5 aromatic carbocycles. The minimum absolute atomic E-state index is 1.19. The van der Waals surface area contributed by atoms with E-state index >= 15 is 0 Å². The summed E-state index contributed by atoms with van der Waals surface area (Å²) in [5.41, 5.74) is 6.35. The molecule has 0 unspecified atom stereocenters. The fraction of sp³-hybridized carbons (Fsp3) is 0.0370. The fourth-order valence-electron chi connectivity index (χ4n) is 4.63. The number of benzene rings is 5. The molecule has 0 atom stereocenters. The van der Waals surface area contributed by atoms with Crippen LogP contribution in [0.2, 0.25) is 0 Å². The first kappa shape index (κ1) is 15.5. The van der Waals surface area contributed by atoms with Crippen LogP contribution in [0.5, 0.6) is 0 Å². The van der Waals surface area contributed by atoms with Gasteiger partial charge in [0.1, 0.15) is 0 Å². The van der Waals surface area contributed by atoms with Gasteiger partial charge in [-0.05, 0) is 57.3 Å². The Morgan fingerprint density at radius 1 is 0.571 bits per heavy atom. The standard InChI is InChI=1S/C27H19N/c1-17-20(14-15-24-23-12-6-7-13-25(23)28-27(17)24)26-21-10-4-2-8-18(21)16-19-9-3-5-11-22(19)26/h2-16,28H,1H3. The predicted octanol–water partition coefficient (Wildman–Crippen LogP) is 7.60. The summed E-state index contributed by atoms with van der Waals surface area (Å²) >= 11 is 0. The Balaban J connectivity index is 1.79. The van der Waals surface area contributed by atoms with Gasteiger partial charge >= 0.3 is 0 Å². The summed E-state index contributed by atoms with van der Waals surface area (Å²) in [5, 5.41) is 7.76. The number of aromatic nitrogens is 1. The lowest BCUT2D eigenvalue weighted by Crippen LogP contribution is -1.89. The number of aromatic amines is 1. The van der Waals surface area contributed by atoms with Crippen LogP contribution in [0.4, 0.5) is 0 Å². The first-order chi connectivity index (χ1) is 13.8. The van der Waals surface area contributed by atoms with Gasteiger partial charge in [-0.1, -0.05) is 78.9 Å². The topological polar surface area (TPSA) is 15.8 Å². The number of hydrogen-bond acceptors (Lipinski definition) is 0. The first-order valence-corrected chi connectivity index (χ1v) is 9.72. The number of para-hydroxylation sites is 1. The molecule has 0 aliphatic heterocycles. The highest BCUT2D eigenvalue weighted by Crippen LogP contribution is 2.40. The monoisotopic (exact) mass is 357 g/mol. The van der Waals surface area contributed by atoms with Crippen molar-refractivity contribution in [2.45, 2.75) is 6.92 Å². The van der Waals surface area contributed by atoms with Crippen LogP contribution in [-0.4, -0.2) is 4.98 Å². The maximum atomic E-state index is 3.65. The van der Waals surface area contributed by atoms with Gasteiger partial charge in [-0.2, -0.15) is 0 Å². The van der Waals surface area contributed by atoms with Crippen molar-refractivity contribution in [3.63, 3.8) is 0 Å². The summed E-state index contributed by atoms with van der Waals surface area (Å²) in [6, 6.07) is 32.8. The van der Waals surface area contributed by atoms with Gasteiger partial charge < -0.3 is 4.98 Å². The zero-order valence-electron chi connectivity index (χ0n) is 15.7. The lowest BCUT2D eigenvalue weighted by molar-refractivity contribution is 1.45. The van der Waals surface area contributed by atoms with Crippen LogP contribution in [0.25, 0.3) is 54.5 Å². The minimum Gasteiger partial charge on any atom is -0.354 e. The van der Waals surface area contributed by atoms with Gasteiger partial charge in [-0.15, -0.1) is 0 Å². The molecule has 1 heteroatoms. The van der Waals surface area contributed by atoms with Crippen LogP contribution in [0, 0.1) is 6.92 Å². The van der Waals surface area contributed by atoms with Crippen molar-refractivity contribution >= 4 is 43.4 Å². The van der Waals surface area contributed by atoms with Crippen molar-refractivity contribution < 1.29 is 0 Å². The van der Waals surface area contributed by atoms with E-state index in [0.717, 1.165) is 0 Å². The van der Waals surface area contributed by atoms with E-state index in [1.165, 1.54) is 60.0 Å². The molecule has 0 saturated carbocycles. The third-order valence-electron chi connectivity index (χ3n) is 5.98. The fourth-order valence-corrected chi connectivity index (χ4v) is 4.63.